The molecule has 0 aromatic heterocycles. The Labute approximate surface area is 145 Å². The van der Waals surface area contributed by atoms with E-state index in [1.54, 1.807) is 31.2 Å². The number of carbonyl (C=O) groups excluding carboxylic acids is 2. The highest BCUT2D eigenvalue weighted by Gasteiger charge is 2.67. The molecule has 0 saturated carbocycles. The van der Waals surface area contributed by atoms with Crippen molar-refractivity contribution in [2.24, 2.45) is 17.8 Å². The van der Waals surface area contributed by atoms with Crippen LogP contribution in [0, 0.1) is 29.1 Å². The van der Waals surface area contributed by atoms with E-state index in [-0.39, 0.29) is 5.92 Å². The van der Waals surface area contributed by atoms with Crippen LogP contribution in [0.15, 0.2) is 24.3 Å². The normalized spacial score (nSPS) is 32.0. The van der Waals surface area contributed by atoms with Gasteiger partial charge in [0.25, 0.3) is 0 Å². The van der Waals surface area contributed by atoms with E-state index in [1.165, 1.54) is 0 Å². The summed E-state index contributed by atoms with van der Waals surface area (Å²) in [5.74, 6) is -4.22. The summed E-state index contributed by atoms with van der Waals surface area (Å²) >= 11 is 0. The van der Waals surface area contributed by atoms with Crippen LogP contribution in [0.3, 0.4) is 0 Å². The van der Waals surface area contributed by atoms with Crippen LogP contribution in [-0.4, -0.2) is 28.4 Å². The molecule has 7 heteroatoms. The maximum Gasteiger partial charge on any atom is 0.325 e. The van der Waals surface area contributed by atoms with E-state index in [9.17, 15) is 19.5 Å². The number of nitrogens with zero attached hydrogens (tertiary/aromatic N) is 1. The van der Waals surface area contributed by atoms with Crippen molar-refractivity contribution in [3.05, 3.63) is 35.4 Å². The Hall–Kier alpha value is -2.72. The third kappa shape index (κ3) is 2.33. The number of imide groups is 1. The summed E-state index contributed by atoms with van der Waals surface area (Å²) in [6, 6.07) is 8.03. The van der Waals surface area contributed by atoms with Gasteiger partial charge in [-0.2, -0.15) is 5.26 Å². The zero-order valence-corrected chi connectivity index (χ0v) is 13.9. The SMILES string of the molecule is CCC(C)C1(C(=O)O)NC(c2ccc(C#N)cc2)C2C(=O)NC(=O)C21. The Morgan fingerprint density at radius 3 is 2.48 bits per heavy atom. The van der Waals surface area contributed by atoms with Gasteiger partial charge in [0.05, 0.1) is 23.5 Å². The smallest absolute Gasteiger partial charge is 0.325 e. The van der Waals surface area contributed by atoms with E-state index in [0.29, 0.717) is 17.5 Å². The van der Waals surface area contributed by atoms with Gasteiger partial charge in [-0.25, -0.2) is 0 Å². The molecule has 0 spiro atoms. The molecule has 25 heavy (non-hydrogen) atoms. The fourth-order valence-electron chi connectivity index (χ4n) is 4.10. The number of nitriles is 1. The maximum atomic E-state index is 12.4. The Balaban J connectivity index is 2.12. The number of amides is 2. The highest BCUT2D eigenvalue weighted by molar-refractivity contribution is 6.09. The van der Waals surface area contributed by atoms with Crippen molar-refractivity contribution in [3.63, 3.8) is 0 Å². The number of carboxylic acids is 1. The number of benzene rings is 1. The summed E-state index contributed by atoms with van der Waals surface area (Å²) < 4.78 is 0. The number of hydrogen-bond donors (Lipinski definition) is 3. The van der Waals surface area contributed by atoms with Crippen LogP contribution in [0.25, 0.3) is 0 Å². The van der Waals surface area contributed by atoms with Crippen molar-refractivity contribution in [1.29, 1.82) is 5.26 Å². The molecule has 1 aromatic carbocycles. The van der Waals surface area contributed by atoms with Gasteiger partial charge in [-0.3, -0.25) is 25.0 Å². The summed E-state index contributed by atoms with van der Waals surface area (Å²) in [6.45, 7) is 3.63. The number of carbonyl (C=O) groups is 3. The molecule has 7 nitrogen and oxygen atoms in total. The molecule has 1 aromatic rings. The van der Waals surface area contributed by atoms with Crippen molar-refractivity contribution in [3.8, 4) is 6.07 Å². The minimum Gasteiger partial charge on any atom is -0.480 e. The Bertz CT molecular complexity index is 783. The van der Waals surface area contributed by atoms with Crippen LogP contribution < -0.4 is 10.6 Å². The van der Waals surface area contributed by atoms with Gasteiger partial charge in [-0.1, -0.05) is 32.4 Å². The molecule has 3 rings (SSSR count). The number of rotatable bonds is 4. The largest absolute Gasteiger partial charge is 0.480 e. The van der Waals surface area contributed by atoms with Gasteiger partial charge in [0.15, 0.2) is 0 Å². The van der Waals surface area contributed by atoms with Crippen molar-refractivity contribution >= 4 is 17.8 Å². The minimum absolute atomic E-state index is 0.350. The van der Waals surface area contributed by atoms with E-state index < -0.39 is 41.2 Å². The number of nitrogens with one attached hydrogen (secondary N) is 2. The average molecular weight is 341 g/mol. The van der Waals surface area contributed by atoms with Crippen LogP contribution in [0.2, 0.25) is 0 Å². The third-order valence-electron chi connectivity index (χ3n) is 5.58. The highest BCUT2D eigenvalue weighted by atomic mass is 16.4. The molecule has 2 amide bonds. The topological polar surface area (TPSA) is 119 Å². The first-order chi connectivity index (χ1) is 11.9. The summed E-state index contributed by atoms with van der Waals surface area (Å²) in [6.07, 6.45) is 0.546. The summed E-state index contributed by atoms with van der Waals surface area (Å²) in [5.41, 5.74) is -0.351. The van der Waals surface area contributed by atoms with E-state index in [4.69, 9.17) is 5.26 Å². The molecule has 2 aliphatic rings. The van der Waals surface area contributed by atoms with Gasteiger partial charge in [-0.15, -0.1) is 0 Å². The lowest BCUT2D eigenvalue weighted by Crippen LogP contribution is -2.59. The van der Waals surface area contributed by atoms with Gasteiger partial charge in [0, 0.05) is 6.04 Å². The zero-order valence-electron chi connectivity index (χ0n) is 13.9. The second kappa shape index (κ2) is 5.97. The van der Waals surface area contributed by atoms with Gasteiger partial charge in [0.1, 0.15) is 5.54 Å². The van der Waals surface area contributed by atoms with Crippen LogP contribution in [-0.2, 0) is 14.4 Å². The predicted molar refractivity (Wildman–Crippen MR) is 87.0 cm³/mol. The molecule has 0 radical (unpaired) electrons. The Morgan fingerprint density at radius 1 is 1.32 bits per heavy atom. The highest BCUT2D eigenvalue weighted by Crippen LogP contribution is 2.49. The first-order valence-electron chi connectivity index (χ1n) is 8.22. The lowest BCUT2D eigenvalue weighted by atomic mass is 9.72. The van der Waals surface area contributed by atoms with E-state index in [0.717, 1.165) is 0 Å². The van der Waals surface area contributed by atoms with Gasteiger partial charge in [0.2, 0.25) is 11.8 Å². The lowest BCUT2D eigenvalue weighted by Gasteiger charge is -2.35. The fraction of sp³-hybridized carbons (Fsp3) is 0.444. The molecule has 2 aliphatic heterocycles. The lowest BCUT2D eigenvalue weighted by molar-refractivity contribution is -0.152. The molecule has 5 unspecified atom stereocenters. The van der Waals surface area contributed by atoms with Crippen molar-refractivity contribution in [2.75, 3.05) is 0 Å². The van der Waals surface area contributed by atoms with Crippen LogP contribution in [0.5, 0.6) is 0 Å². The fourth-order valence-corrected chi connectivity index (χ4v) is 4.10. The minimum atomic E-state index is -1.51. The molecule has 0 aliphatic carbocycles. The van der Waals surface area contributed by atoms with Gasteiger partial charge in [-0.05, 0) is 23.6 Å². The average Bonchev–Trinajstić information content (AvgIpc) is 3.12. The number of carboxylic acid groups (broad SMARTS) is 1. The first kappa shape index (κ1) is 17.1. The van der Waals surface area contributed by atoms with Crippen molar-refractivity contribution in [2.45, 2.75) is 31.8 Å². The summed E-state index contributed by atoms with van der Waals surface area (Å²) in [7, 11) is 0. The van der Waals surface area contributed by atoms with E-state index in [1.807, 2.05) is 13.0 Å². The third-order valence-corrected chi connectivity index (χ3v) is 5.58. The number of fused-ring (bicyclic) bond motifs is 1. The molecule has 2 saturated heterocycles. The molecule has 130 valence electrons. The molecule has 2 heterocycles. The predicted octanol–water partition coefficient (Wildman–Crippen LogP) is 0.961. The van der Waals surface area contributed by atoms with Crippen LogP contribution in [0.4, 0.5) is 0 Å². The molecule has 3 N–H and O–H groups in total. The van der Waals surface area contributed by atoms with Crippen LogP contribution >= 0.6 is 0 Å². The standard InChI is InChI=1S/C18H19N3O4/c1-3-9(2)18(17(24)25)13-12(15(22)20-16(13)23)14(21-18)11-6-4-10(8-19)5-7-11/h4-7,9,12-14,21H,3H2,1-2H3,(H,24,25)(H,20,22,23). The number of aliphatic carboxylic acids is 1. The van der Waals surface area contributed by atoms with E-state index in [2.05, 4.69) is 10.6 Å². The quantitative estimate of drug-likeness (QED) is 0.702. The second-order valence-electron chi connectivity index (χ2n) is 6.70. The van der Waals surface area contributed by atoms with Gasteiger partial charge < -0.3 is 5.11 Å². The van der Waals surface area contributed by atoms with E-state index >= 15 is 0 Å². The Kier molecular flexibility index (Phi) is 4.09. The number of hydrogen-bond acceptors (Lipinski definition) is 5. The zero-order chi connectivity index (χ0) is 18.4. The Morgan fingerprint density at radius 2 is 1.96 bits per heavy atom. The molecule has 0 bridgehead atoms. The summed E-state index contributed by atoms with van der Waals surface area (Å²) in [4.78, 5) is 37.0. The van der Waals surface area contributed by atoms with Crippen molar-refractivity contribution < 1.29 is 19.5 Å². The first-order valence-corrected chi connectivity index (χ1v) is 8.22. The molecule has 5 atom stereocenters. The second-order valence-corrected chi connectivity index (χ2v) is 6.70. The molecule has 2 fully saturated rings. The maximum absolute atomic E-state index is 12.4. The summed E-state index contributed by atoms with van der Waals surface area (Å²) in [5, 5.41) is 24.3. The van der Waals surface area contributed by atoms with Crippen LogP contribution in [0.1, 0.15) is 37.4 Å². The monoisotopic (exact) mass is 341 g/mol. The molecular formula is C18H19N3O4. The van der Waals surface area contributed by atoms with Gasteiger partial charge >= 0.3 is 5.97 Å². The van der Waals surface area contributed by atoms with Crippen molar-refractivity contribution in [1.82, 2.24) is 10.6 Å². The molecular weight excluding hydrogens is 322 g/mol.